The zero-order valence-electron chi connectivity index (χ0n) is 19.9. The van der Waals surface area contributed by atoms with Gasteiger partial charge in [0.2, 0.25) is 11.8 Å². The van der Waals surface area contributed by atoms with Crippen LogP contribution in [0.1, 0.15) is 55.1 Å². The van der Waals surface area contributed by atoms with Gasteiger partial charge in [-0.25, -0.2) is 4.79 Å². The number of fused-ring (bicyclic) bond motifs is 1. The molecule has 1 atom stereocenters. The monoisotopic (exact) mass is 476 g/mol. The van der Waals surface area contributed by atoms with Crippen molar-refractivity contribution in [3.63, 3.8) is 0 Å². The highest BCUT2D eigenvalue weighted by molar-refractivity contribution is 5.99. The topological polar surface area (TPSA) is 126 Å². The number of carbonyl (C=O) groups is 3. The molecule has 8 heteroatoms. The SMILES string of the molecule is CCOC(=O)c1cc2cc(NC(=O)[C@@H](N)Cc3ccc(NC(=O)C4CCCCC4)cc3)ccc2[nH]1. The van der Waals surface area contributed by atoms with E-state index in [0.717, 1.165) is 47.8 Å². The highest BCUT2D eigenvalue weighted by Crippen LogP contribution is 2.25. The summed E-state index contributed by atoms with van der Waals surface area (Å²) in [7, 11) is 0. The third-order valence-electron chi connectivity index (χ3n) is 6.37. The van der Waals surface area contributed by atoms with Crippen LogP contribution < -0.4 is 16.4 Å². The van der Waals surface area contributed by atoms with Crippen molar-refractivity contribution in [2.24, 2.45) is 11.7 Å². The molecule has 1 saturated carbocycles. The van der Waals surface area contributed by atoms with E-state index in [1.807, 2.05) is 24.3 Å². The molecule has 0 unspecified atom stereocenters. The molecule has 1 aliphatic carbocycles. The van der Waals surface area contributed by atoms with Crippen molar-refractivity contribution in [3.8, 4) is 0 Å². The van der Waals surface area contributed by atoms with Crippen LogP contribution in [0.2, 0.25) is 0 Å². The minimum atomic E-state index is -0.741. The molecule has 5 N–H and O–H groups in total. The highest BCUT2D eigenvalue weighted by Gasteiger charge is 2.21. The average Bonchev–Trinajstić information content (AvgIpc) is 3.29. The Hall–Kier alpha value is -3.65. The second-order valence-electron chi connectivity index (χ2n) is 9.03. The Balaban J connectivity index is 1.32. The molecule has 4 rings (SSSR count). The summed E-state index contributed by atoms with van der Waals surface area (Å²) >= 11 is 0. The van der Waals surface area contributed by atoms with Gasteiger partial charge in [-0.15, -0.1) is 0 Å². The number of carbonyl (C=O) groups excluding carboxylic acids is 3. The fourth-order valence-corrected chi connectivity index (χ4v) is 4.44. The molecule has 0 bridgehead atoms. The van der Waals surface area contributed by atoms with Gasteiger partial charge in [-0.2, -0.15) is 0 Å². The number of aromatic amines is 1. The Bertz CT molecular complexity index is 1200. The third-order valence-corrected chi connectivity index (χ3v) is 6.37. The Morgan fingerprint density at radius 2 is 1.71 bits per heavy atom. The lowest BCUT2D eigenvalue weighted by molar-refractivity contribution is -0.120. The molecule has 0 spiro atoms. The maximum atomic E-state index is 12.7. The number of esters is 1. The fourth-order valence-electron chi connectivity index (χ4n) is 4.44. The Morgan fingerprint density at radius 1 is 1.00 bits per heavy atom. The molecule has 0 aliphatic heterocycles. The van der Waals surface area contributed by atoms with Gasteiger partial charge < -0.3 is 26.1 Å². The zero-order chi connectivity index (χ0) is 24.8. The van der Waals surface area contributed by atoms with Crippen LogP contribution in [0.15, 0.2) is 48.5 Å². The van der Waals surface area contributed by atoms with E-state index in [1.54, 1.807) is 31.2 Å². The minimum absolute atomic E-state index is 0.0855. The number of aromatic nitrogens is 1. The van der Waals surface area contributed by atoms with Crippen LogP contribution in [0.25, 0.3) is 10.9 Å². The molecule has 0 radical (unpaired) electrons. The predicted octanol–water partition coefficient (Wildman–Crippen LogP) is 4.37. The van der Waals surface area contributed by atoms with Crippen LogP contribution in [0.4, 0.5) is 11.4 Å². The summed E-state index contributed by atoms with van der Waals surface area (Å²) in [4.78, 5) is 40.0. The number of benzene rings is 2. The van der Waals surface area contributed by atoms with Gasteiger partial charge in [0.15, 0.2) is 0 Å². The lowest BCUT2D eigenvalue weighted by Crippen LogP contribution is -2.37. The molecule has 3 aromatic rings. The summed E-state index contributed by atoms with van der Waals surface area (Å²) in [6, 6.07) is 13.7. The number of nitrogens with one attached hydrogen (secondary N) is 3. The van der Waals surface area contributed by atoms with Crippen LogP contribution >= 0.6 is 0 Å². The minimum Gasteiger partial charge on any atom is -0.461 e. The van der Waals surface area contributed by atoms with Crippen LogP contribution in [0.3, 0.4) is 0 Å². The first kappa shape index (κ1) is 24.5. The molecule has 2 aromatic carbocycles. The van der Waals surface area contributed by atoms with E-state index in [2.05, 4.69) is 15.6 Å². The molecule has 2 amide bonds. The number of anilines is 2. The Kier molecular flexibility index (Phi) is 7.82. The number of rotatable bonds is 8. The van der Waals surface area contributed by atoms with Crippen molar-refractivity contribution in [2.75, 3.05) is 17.2 Å². The molecular weight excluding hydrogens is 444 g/mol. The van der Waals surface area contributed by atoms with Gasteiger partial charge in [0.05, 0.1) is 12.6 Å². The summed E-state index contributed by atoms with van der Waals surface area (Å²) < 4.78 is 5.02. The molecule has 8 nitrogen and oxygen atoms in total. The molecule has 1 fully saturated rings. The van der Waals surface area contributed by atoms with Crippen molar-refractivity contribution in [1.82, 2.24) is 4.98 Å². The summed E-state index contributed by atoms with van der Waals surface area (Å²) in [5.41, 5.74) is 9.54. The first-order valence-corrected chi connectivity index (χ1v) is 12.2. The molecule has 184 valence electrons. The Morgan fingerprint density at radius 3 is 2.43 bits per heavy atom. The van der Waals surface area contributed by atoms with E-state index in [4.69, 9.17) is 10.5 Å². The number of H-pyrrole nitrogens is 1. The van der Waals surface area contributed by atoms with Crippen molar-refractivity contribution in [2.45, 2.75) is 51.5 Å². The molecule has 0 saturated heterocycles. The molecule has 35 heavy (non-hydrogen) atoms. The number of nitrogens with two attached hydrogens (primary N) is 1. The highest BCUT2D eigenvalue weighted by atomic mass is 16.5. The van der Waals surface area contributed by atoms with Crippen molar-refractivity contribution in [3.05, 3.63) is 59.8 Å². The zero-order valence-corrected chi connectivity index (χ0v) is 19.9. The van der Waals surface area contributed by atoms with Crippen LogP contribution in [0.5, 0.6) is 0 Å². The van der Waals surface area contributed by atoms with E-state index in [9.17, 15) is 14.4 Å². The third kappa shape index (κ3) is 6.27. The summed E-state index contributed by atoms with van der Waals surface area (Å²) in [6.45, 7) is 2.05. The van der Waals surface area contributed by atoms with Crippen molar-refractivity contribution < 1.29 is 19.1 Å². The first-order chi connectivity index (χ1) is 16.9. The maximum absolute atomic E-state index is 12.7. The summed E-state index contributed by atoms with van der Waals surface area (Å²) in [6.07, 6.45) is 5.72. The van der Waals surface area contributed by atoms with E-state index in [-0.39, 0.29) is 17.7 Å². The first-order valence-electron chi connectivity index (χ1n) is 12.2. The van der Waals surface area contributed by atoms with E-state index >= 15 is 0 Å². The lowest BCUT2D eigenvalue weighted by Gasteiger charge is -2.20. The van der Waals surface area contributed by atoms with Gasteiger partial charge in [-0.3, -0.25) is 9.59 Å². The number of ether oxygens (including phenoxy) is 1. The predicted molar refractivity (Wildman–Crippen MR) is 136 cm³/mol. The Labute approximate surface area is 204 Å². The second-order valence-corrected chi connectivity index (χ2v) is 9.03. The summed E-state index contributed by atoms with van der Waals surface area (Å²) in [5, 5.41) is 6.62. The largest absolute Gasteiger partial charge is 0.461 e. The molecular formula is C27H32N4O4. The lowest BCUT2D eigenvalue weighted by atomic mass is 9.88. The van der Waals surface area contributed by atoms with Gasteiger partial charge in [0, 0.05) is 28.2 Å². The number of amides is 2. The van der Waals surface area contributed by atoms with Gasteiger partial charge in [-0.1, -0.05) is 31.4 Å². The van der Waals surface area contributed by atoms with Crippen molar-refractivity contribution >= 4 is 40.1 Å². The van der Waals surface area contributed by atoms with Gasteiger partial charge in [-0.05, 0) is 68.1 Å². The van der Waals surface area contributed by atoms with Crippen LogP contribution in [0, 0.1) is 5.92 Å². The smallest absolute Gasteiger partial charge is 0.354 e. The van der Waals surface area contributed by atoms with E-state index < -0.39 is 12.0 Å². The molecule has 1 aliphatic rings. The quantitative estimate of drug-likeness (QED) is 0.359. The second kappa shape index (κ2) is 11.2. The number of hydrogen-bond acceptors (Lipinski definition) is 5. The van der Waals surface area contributed by atoms with E-state index in [0.29, 0.717) is 24.4 Å². The van der Waals surface area contributed by atoms with E-state index in [1.165, 1.54) is 6.42 Å². The van der Waals surface area contributed by atoms with Crippen LogP contribution in [-0.4, -0.2) is 35.4 Å². The van der Waals surface area contributed by atoms with Gasteiger partial charge in [0.1, 0.15) is 5.69 Å². The standard InChI is InChI=1S/C27H32N4O4/c1-2-35-27(34)24-16-19-15-21(12-13-23(19)31-24)30-26(33)22(28)14-17-8-10-20(11-9-17)29-25(32)18-6-4-3-5-7-18/h8-13,15-16,18,22,31H,2-7,14,28H2,1H3,(H,29,32)(H,30,33)/t22-/m0/s1. The van der Waals surface area contributed by atoms with Crippen LogP contribution in [-0.2, 0) is 20.7 Å². The fraction of sp³-hybridized carbons (Fsp3) is 0.370. The number of hydrogen-bond donors (Lipinski definition) is 4. The van der Waals surface area contributed by atoms with Gasteiger partial charge >= 0.3 is 5.97 Å². The summed E-state index contributed by atoms with van der Waals surface area (Å²) in [5.74, 6) is -0.541. The normalized spacial score (nSPS) is 14.9. The van der Waals surface area contributed by atoms with Crippen molar-refractivity contribution in [1.29, 1.82) is 0 Å². The maximum Gasteiger partial charge on any atom is 0.354 e. The molecule has 1 aromatic heterocycles. The molecule has 1 heterocycles. The average molecular weight is 477 g/mol. The van der Waals surface area contributed by atoms with Gasteiger partial charge in [0.25, 0.3) is 0 Å².